The molecule has 0 aliphatic heterocycles. The topological polar surface area (TPSA) is 20.2 Å². The molecule has 0 heterocycles. The van der Waals surface area contributed by atoms with Gasteiger partial charge in [-0.2, -0.15) is 13.2 Å². The lowest BCUT2D eigenvalue weighted by Gasteiger charge is -2.05. The van der Waals surface area contributed by atoms with E-state index < -0.39 is 5.51 Å². The summed E-state index contributed by atoms with van der Waals surface area (Å²) in [5, 5.41) is 8.54. The molecule has 5 heteroatoms. The average Bonchev–Trinajstić information content (AvgIpc) is 2.19. The molecule has 0 bridgehead atoms. The summed E-state index contributed by atoms with van der Waals surface area (Å²) in [5.41, 5.74) is -3.42. The molecule has 0 saturated heterocycles. The maximum absolute atomic E-state index is 12.0. The molecule has 1 nitrogen and oxygen atoms in total. The van der Waals surface area contributed by atoms with Gasteiger partial charge in [0.15, 0.2) is 0 Å². The van der Waals surface area contributed by atoms with Gasteiger partial charge in [-0.1, -0.05) is 24.3 Å². The molecule has 0 atom stereocenters. The minimum Gasteiger partial charge on any atom is -0.396 e. The Labute approximate surface area is 96.0 Å². The van der Waals surface area contributed by atoms with Crippen LogP contribution in [0.15, 0.2) is 35.2 Å². The van der Waals surface area contributed by atoms with Crippen molar-refractivity contribution in [1.82, 2.24) is 0 Å². The third-order valence-corrected chi connectivity index (χ3v) is 2.46. The van der Waals surface area contributed by atoms with E-state index in [9.17, 15) is 13.2 Å². The predicted octanol–water partition coefficient (Wildman–Crippen LogP) is 3.69. The fourth-order valence-electron chi connectivity index (χ4n) is 1.07. The fraction of sp³-hybridized carbons (Fsp3) is 0.273. The molecule has 0 amide bonds. The van der Waals surface area contributed by atoms with Crippen LogP contribution >= 0.6 is 11.8 Å². The third-order valence-electron chi connectivity index (χ3n) is 1.72. The van der Waals surface area contributed by atoms with Crippen molar-refractivity contribution in [1.29, 1.82) is 0 Å². The number of aliphatic hydroxyl groups excluding tert-OH is 1. The van der Waals surface area contributed by atoms with E-state index in [1.54, 1.807) is 24.3 Å². The number of thioether (sulfide) groups is 1. The monoisotopic (exact) mass is 248 g/mol. The smallest absolute Gasteiger partial charge is 0.396 e. The molecule has 0 unspecified atom stereocenters. The van der Waals surface area contributed by atoms with E-state index in [0.29, 0.717) is 6.42 Å². The molecule has 0 spiro atoms. The second kappa shape index (κ2) is 5.96. The molecule has 1 aromatic rings. The van der Waals surface area contributed by atoms with Crippen molar-refractivity contribution >= 4 is 17.8 Å². The minimum absolute atomic E-state index is 0.0680. The number of hydrogen-bond donors (Lipinski definition) is 1. The molecule has 0 radical (unpaired) electrons. The zero-order chi connectivity index (χ0) is 12.0. The highest BCUT2D eigenvalue weighted by Gasteiger charge is 2.28. The lowest BCUT2D eigenvalue weighted by molar-refractivity contribution is -0.0328. The molecule has 1 aromatic carbocycles. The molecule has 0 saturated carbocycles. The quantitative estimate of drug-likeness (QED) is 0.820. The van der Waals surface area contributed by atoms with Crippen LogP contribution in [0.25, 0.3) is 6.08 Å². The van der Waals surface area contributed by atoms with Gasteiger partial charge in [-0.05, 0) is 35.9 Å². The van der Waals surface area contributed by atoms with Gasteiger partial charge in [0.1, 0.15) is 0 Å². The second-order valence-corrected chi connectivity index (χ2v) is 4.17. The number of hydrogen-bond acceptors (Lipinski definition) is 2. The van der Waals surface area contributed by atoms with Crippen LogP contribution in [0.2, 0.25) is 0 Å². The van der Waals surface area contributed by atoms with Gasteiger partial charge in [-0.15, -0.1) is 0 Å². The van der Waals surface area contributed by atoms with Crippen molar-refractivity contribution in [2.45, 2.75) is 16.8 Å². The van der Waals surface area contributed by atoms with E-state index in [4.69, 9.17) is 5.11 Å². The summed E-state index contributed by atoms with van der Waals surface area (Å²) in [6, 6.07) is 6.08. The fourth-order valence-corrected chi connectivity index (χ4v) is 1.61. The standard InChI is InChI=1S/C11H11F3OS/c12-11(13,14)16-10-6-4-9(5-7-10)3-1-2-8-15/h1,3-7,15H,2,8H2. The van der Waals surface area contributed by atoms with Crippen LogP contribution in [0, 0.1) is 0 Å². The molecule has 88 valence electrons. The Kier molecular flexibility index (Phi) is 4.89. The summed E-state index contributed by atoms with van der Waals surface area (Å²) in [4.78, 5) is 0.173. The van der Waals surface area contributed by atoms with Crippen molar-refractivity contribution in [3.63, 3.8) is 0 Å². The van der Waals surface area contributed by atoms with Gasteiger partial charge in [0.05, 0.1) is 0 Å². The van der Waals surface area contributed by atoms with E-state index in [-0.39, 0.29) is 23.3 Å². The van der Waals surface area contributed by atoms with Crippen LogP contribution in [-0.4, -0.2) is 17.2 Å². The van der Waals surface area contributed by atoms with Crippen molar-refractivity contribution in [3.05, 3.63) is 35.9 Å². The highest BCUT2D eigenvalue weighted by molar-refractivity contribution is 8.00. The molecule has 16 heavy (non-hydrogen) atoms. The first kappa shape index (κ1) is 13.1. The average molecular weight is 248 g/mol. The molecule has 1 rings (SSSR count). The van der Waals surface area contributed by atoms with Gasteiger partial charge in [0, 0.05) is 11.5 Å². The summed E-state index contributed by atoms with van der Waals surface area (Å²) in [7, 11) is 0. The Morgan fingerprint density at radius 2 is 1.81 bits per heavy atom. The van der Waals surface area contributed by atoms with Crippen LogP contribution < -0.4 is 0 Å². The summed E-state index contributed by atoms with van der Waals surface area (Å²) >= 11 is -0.126. The molecular formula is C11H11F3OS. The van der Waals surface area contributed by atoms with Crippen molar-refractivity contribution in [3.8, 4) is 0 Å². The molecule has 0 fully saturated rings. The van der Waals surface area contributed by atoms with Gasteiger partial charge in [0.2, 0.25) is 0 Å². The molecular weight excluding hydrogens is 237 g/mol. The van der Waals surface area contributed by atoms with Gasteiger partial charge >= 0.3 is 5.51 Å². The zero-order valence-corrected chi connectivity index (χ0v) is 9.18. The lowest BCUT2D eigenvalue weighted by atomic mass is 10.2. The summed E-state index contributed by atoms with van der Waals surface area (Å²) in [6.07, 6.45) is 4.07. The maximum Gasteiger partial charge on any atom is 0.446 e. The van der Waals surface area contributed by atoms with Gasteiger partial charge in [-0.3, -0.25) is 0 Å². The predicted molar refractivity (Wildman–Crippen MR) is 59.1 cm³/mol. The van der Waals surface area contributed by atoms with Crippen molar-refractivity contribution in [2.75, 3.05) is 6.61 Å². The zero-order valence-electron chi connectivity index (χ0n) is 8.37. The van der Waals surface area contributed by atoms with Gasteiger partial charge < -0.3 is 5.11 Å². The van der Waals surface area contributed by atoms with E-state index in [0.717, 1.165) is 5.56 Å². The largest absolute Gasteiger partial charge is 0.446 e. The maximum atomic E-state index is 12.0. The normalized spacial score (nSPS) is 12.2. The Morgan fingerprint density at radius 1 is 1.19 bits per heavy atom. The van der Waals surface area contributed by atoms with Crippen LogP contribution in [0.5, 0.6) is 0 Å². The first-order chi connectivity index (χ1) is 7.51. The highest BCUT2D eigenvalue weighted by Crippen LogP contribution is 2.36. The number of rotatable bonds is 4. The highest BCUT2D eigenvalue weighted by atomic mass is 32.2. The SMILES string of the molecule is OCCC=Cc1ccc(SC(F)(F)F)cc1. The molecule has 0 aromatic heterocycles. The van der Waals surface area contributed by atoms with Crippen molar-refractivity contribution < 1.29 is 18.3 Å². The minimum atomic E-state index is -4.24. The van der Waals surface area contributed by atoms with Crippen LogP contribution in [0.4, 0.5) is 13.2 Å². The van der Waals surface area contributed by atoms with E-state index in [1.165, 1.54) is 12.1 Å². The molecule has 0 aliphatic rings. The van der Waals surface area contributed by atoms with Crippen LogP contribution in [-0.2, 0) is 0 Å². The first-order valence-corrected chi connectivity index (χ1v) is 5.46. The van der Waals surface area contributed by atoms with Crippen LogP contribution in [0.3, 0.4) is 0 Å². The summed E-state index contributed by atoms with van der Waals surface area (Å²) in [6.45, 7) is 0.0680. The lowest BCUT2D eigenvalue weighted by Crippen LogP contribution is -1.98. The number of aliphatic hydroxyl groups is 1. The number of benzene rings is 1. The second-order valence-electron chi connectivity index (χ2n) is 3.03. The Balaban J connectivity index is 2.61. The Morgan fingerprint density at radius 3 is 2.31 bits per heavy atom. The summed E-state index contributed by atoms with van der Waals surface area (Å²) < 4.78 is 36.0. The van der Waals surface area contributed by atoms with E-state index >= 15 is 0 Å². The van der Waals surface area contributed by atoms with Crippen LogP contribution in [0.1, 0.15) is 12.0 Å². The van der Waals surface area contributed by atoms with Crippen molar-refractivity contribution in [2.24, 2.45) is 0 Å². The summed E-state index contributed by atoms with van der Waals surface area (Å²) in [5.74, 6) is 0. The Hall–Kier alpha value is -0.940. The van der Waals surface area contributed by atoms with Gasteiger partial charge in [0.25, 0.3) is 0 Å². The van der Waals surface area contributed by atoms with Gasteiger partial charge in [-0.25, -0.2) is 0 Å². The molecule has 0 aliphatic carbocycles. The first-order valence-electron chi connectivity index (χ1n) is 4.64. The molecule has 1 N–H and O–H groups in total. The van der Waals surface area contributed by atoms with E-state index in [2.05, 4.69) is 0 Å². The number of halogens is 3. The van der Waals surface area contributed by atoms with E-state index in [1.807, 2.05) is 0 Å². The Bertz CT molecular complexity index is 343. The number of alkyl halides is 3. The third kappa shape index (κ3) is 5.23.